The van der Waals surface area contributed by atoms with E-state index in [4.69, 9.17) is 0 Å². The Bertz CT molecular complexity index is 453. The molecule has 1 nitrogen and oxygen atoms in total. The number of hydrogen-bond donors (Lipinski definition) is 1. The Morgan fingerprint density at radius 3 is 1.58 bits per heavy atom. The maximum Gasteiger partial charge on any atom is 0.200 e. The van der Waals surface area contributed by atoms with Crippen LogP contribution in [-0.2, 0) is 0 Å². The van der Waals surface area contributed by atoms with Gasteiger partial charge in [-0.05, 0) is 11.3 Å². The third-order valence-electron chi connectivity index (χ3n) is 3.49. The molecule has 19 heavy (non-hydrogen) atoms. The van der Waals surface area contributed by atoms with Gasteiger partial charge in [-0.1, -0.05) is 27.7 Å². The monoisotopic (exact) mass is 281 g/mol. The van der Waals surface area contributed by atoms with Gasteiger partial charge in [0.15, 0.2) is 23.3 Å². The number of rotatable bonds is 4. The van der Waals surface area contributed by atoms with Crippen LogP contribution >= 0.6 is 0 Å². The summed E-state index contributed by atoms with van der Waals surface area (Å²) < 4.78 is 65.6. The first-order chi connectivity index (χ1) is 8.59. The fourth-order valence-corrected chi connectivity index (χ4v) is 1.28. The highest BCUT2D eigenvalue weighted by molar-refractivity contribution is 5.47. The first kappa shape index (κ1) is 15.7. The van der Waals surface area contributed by atoms with E-state index in [9.17, 15) is 22.0 Å². The van der Waals surface area contributed by atoms with Crippen molar-refractivity contribution in [3.05, 3.63) is 29.1 Å². The van der Waals surface area contributed by atoms with Gasteiger partial charge in [0, 0.05) is 6.54 Å². The first-order valence-corrected chi connectivity index (χ1v) is 5.85. The highest BCUT2D eigenvalue weighted by Crippen LogP contribution is 2.30. The SMILES string of the molecule is CC(C)C(C)(C)CNc1c(F)c(F)c(F)c(F)c1F. The van der Waals surface area contributed by atoms with Gasteiger partial charge in [0.05, 0.1) is 0 Å². The van der Waals surface area contributed by atoms with Crippen LogP contribution in [0.15, 0.2) is 0 Å². The van der Waals surface area contributed by atoms with Crippen molar-refractivity contribution in [2.45, 2.75) is 27.7 Å². The van der Waals surface area contributed by atoms with Crippen LogP contribution < -0.4 is 5.32 Å². The Kier molecular flexibility index (Phi) is 4.43. The van der Waals surface area contributed by atoms with Gasteiger partial charge in [-0.2, -0.15) is 0 Å². The average molecular weight is 281 g/mol. The number of benzene rings is 1. The molecule has 0 aliphatic carbocycles. The predicted molar refractivity (Wildman–Crippen MR) is 63.3 cm³/mol. The normalized spacial score (nSPS) is 12.1. The van der Waals surface area contributed by atoms with Crippen LogP contribution in [0.1, 0.15) is 27.7 Å². The average Bonchev–Trinajstić information content (AvgIpc) is 2.33. The molecule has 0 aromatic heterocycles. The van der Waals surface area contributed by atoms with Gasteiger partial charge in [0.1, 0.15) is 5.69 Å². The molecule has 0 heterocycles. The van der Waals surface area contributed by atoms with Crippen LogP contribution in [-0.4, -0.2) is 6.54 Å². The molecular weight excluding hydrogens is 265 g/mol. The quantitative estimate of drug-likeness (QED) is 0.487. The summed E-state index contributed by atoms with van der Waals surface area (Å²) in [6, 6.07) is 0. The summed E-state index contributed by atoms with van der Waals surface area (Å²) >= 11 is 0. The Balaban J connectivity index is 3.10. The van der Waals surface area contributed by atoms with E-state index in [0.29, 0.717) is 0 Å². The molecular formula is C13H16F5N. The Hall–Kier alpha value is -1.33. The molecule has 1 rings (SSSR count). The van der Waals surface area contributed by atoms with Gasteiger partial charge in [-0.3, -0.25) is 0 Å². The molecule has 1 aromatic rings. The lowest BCUT2D eigenvalue weighted by atomic mass is 9.81. The van der Waals surface area contributed by atoms with Crippen molar-refractivity contribution < 1.29 is 22.0 Å². The second kappa shape index (κ2) is 5.35. The van der Waals surface area contributed by atoms with Crippen molar-refractivity contribution in [3.8, 4) is 0 Å². The molecule has 6 heteroatoms. The topological polar surface area (TPSA) is 12.0 Å². The largest absolute Gasteiger partial charge is 0.380 e. The van der Waals surface area contributed by atoms with Crippen LogP contribution in [0.3, 0.4) is 0 Å². The zero-order valence-corrected chi connectivity index (χ0v) is 11.2. The molecule has 0 spiro atoms. The van der Waals surface area contributed by atoms with Crippen molar-refractivity contribution in [2.75, 3.05) is 11.9 Å². The summed E-state index contributed by atoms with van der Waals surface area (Å²) in [5.74, 6) is -9.54. The van der Waals surface area contributed by atoms with Crippen LogP contribution in [0.4, 0.5) is 27.6 Å². The predicted octanol–water partition coefficient (Wildman–Crippen LogP) is 4.48. The number of nitrogens with one attached hydrogen (secondary N) is 1. The van der Waals surface area contributed by atoms with E-state index in [1.54, 1.807) is 0 Å². The number of hydrogen-bond acceptors (Lipinski definition) is 1. The smallest absolute Gasteiger partial charge is 0.200 e. The molecule has 1 aromatic carbocycles. The van der Waals surface area contributed by atoms with E-state index in [1.165, 1.54) is 0 Å². The molecule has 0 aliphatic heterocycles. The van der Waals surface area contributed by atoms with E-state index in [0.717, 1.165) is 0 Å². The molecule has 0 radical (unpaired) electrons. The van der Waals surface area contributed by atoms with Gasteiger partial charge in [-0.15, -0.1) is 0 Å². The van der Waals surface area contributed by atoms with Crippen molar-refractivity contribution >= 4 is 5.69 Å². The molecule has 0 saturated heterocycles. The lowest BCUT2D eigenvalue weighted by Gasteiger charge is -2.30. The summed E-state index contributed by atoms with van der Waals surface area (Å²) in [6.45, 7) is 7.55. The minimum Gasteiger partial charge on any atom is -0.380 e. The molecule has 0 amide bonds. The summed E-state index contributed by atoms with van der Waals surface area (Å²) in [5, 5.41) is 2.32. The van der Waals surface area contributed by atoms with E-state index in [1.807, 2.05) is 27.7 Å². The van der Waals surface area contributed by atoms with E-state index in [2.05, 4.69) is 5.32 Å². The van der Waals surface area contributed by atoms with Crippen LogP contribution in [0.2, 0.25) is 0 Å². The molecule has 0 unspecified atom stereocenters. The van der Waals surface area contributed by atoms with E-state index < -0.39 is 34.8 Å². The standard InChI is InChI=1S/C13H16F5N/c1-6(2)13(3,4)5-19-12-10(17)8(15)7(14)9(16)11(12)18/h6,19H,5H2,1-4H3. The first-order valence-electron chi connectivity index (χ1n) is 5.85. The van der Waals surface area contributed by atoms with Crippen molar-refractivity contribution in [1.29, 1.82) is 0 Å². The van der Waals surface area contributed by atoms with E-state index >= 15 is 0 Å². The minimum atomic E-state index is -2.15. The van der Waals surface area contributed by atoms with Gasteiger partial charge in [0.2, 0.25) is 5.82 Å². The molecule has 0 fully saturated rings. The van der Waals surface area contributed by atoms with Gasteiger partial charge >= 0.3 is 0 Å². The Labute approximate surface area is 108 Å². The molecule has 0 saturated carbocycles. The van der Waals surface area contributed by atoms with Crippen LogP contribution in [0.25, 0.3) is 0 Å². The molecule has 1 N–H and O–H groups in total. The number of anilines is 1. The van der Waals surface area contributed by atoms with Crippen molar-refractivity contribution in [2.24, 2.45) is 11.3 Å². The van der Waals surface area contributed by atoms with Crippen LogP contribution in [0.5, 0.6) is 0 Å². The zero-order valence-electron chi connectivity index (χ0n) is 11.2. The third-order valence-corrected chi connectivity index (χ3v) is 3.49. The van der Waals surface area contributed by atoms with Gasteiger partial charge in [-0.25, -0.2) is 22.0 Å². The zero-order chi connectivity index (χ0) is 15.0. The number of halogens is 5. The van der Waals surface area contributed by atoms with Crippen molar-refractivity contribution in [3.63, 3.8) is 0 Å². The maximum atomic E-state index is 13.4. The maximum absolute atomic E-state index is 13.4. The lowest BCUT2D eigenvalue weighted by molar-refractivity contribution is 0.268. The summed E-state index contributed by atoms with van der Waals surface area (Å²) in [6.07, 6.45) is 0. The summed E-state index contributed by atoms with van der Waals surface area (Å²) in [5.41, 5.74) is -1.34. The Morgan fingerprint density at radius 2 is 1.21 bits per heavy atom. The highest BCUT2D eigenvalue weighted by Gasteiger charge is 2.28. The molecule has 0 atom stereocenters. The van der Waals surface area contributed by atoms with Crippen LogP contribution in [0, 0.1) is 40.4 Å². The fourth-order valence-electron chi connectivity index (χ4n) is 1.28. The fraction of sp³-hybridized carbons (Fsp3) is 0.538. The molecule has 0 bridgehead atoms. The second-order valence-electron chi connectivity index (χ2n) is 5.44. The minimum absolute atomic E-state index is 0.0863. The molecule has 108 valence electrons. The second-order valence-corrected chi connectivity index (χ2v) is 5.44. The summed E-state index contributed by atoms with van der Waals surface area (Å²) in [4.78, 5) is 0. The molecule has 0 aliphatic rings. The van der Waals surface area contributed by atoms with Gasteiger partial charge in [0.25, 0.3) is 0 Å². The van der Waals surface area contributed by atoms with Crippen molar-refractivity contribution in [1.82, 2.24) is 0 Å². The summed E-state index contributed by atoms with van der Waals surface area (Å²) in [7, 11) is 0. The van der Waals surface area contributed by atoms with Gasteiger partial charge < -0.3 is 5.32 Å². The Morgan fingerprint density at radius 1 is 0.842 bits per heavy atom. The lowest BCUT2D eigenvalue weighted by Crippen LogP contribution is -2.29. The van der Waals surface area contributed by atoms with E-state index in [-0.39, 0.29) is 17.9 Å². The third kappa shape index (κ3) is 2.98. The highest BCUT2D eigenvalue weighted by atomic mass is 19.2.